The largest absolute Gasteiger partial charge is 0.357 e. The van der Waals surface area contributed by atoms with E-state index in [4.69, 9.17) is 0 Å². The number of aliphatic imine (C=N–C) groups is 1. The Labute approximate surface area is 85.8 Å². The summed E-state index contributed by atoms with van der Waals surface area (Å²) in [7, 11) is 0. The smallest absolute Gasteiger partial charge is 0.191 e. The summed E-state index contributed by atoms with van der Waals surface area (Å²) in [6.45, 7) is 6.92. The maximum atomic E-state index is 4.42. The van der Waals surface area contributed by atoms with Crippen molar-refractivity contribution in [3.8, 4) is 0 Å². The minimum Gasteiger partial charge on any atom is -0.357 e. The molecule has 0 unspecified atom stereocenters. The molecule has 0 aliphatic rings. The van der Waals surface area contributed by atoms with Crippen LogP contribution >= 0.6 is 11.8 Å². The number of thioether (sulfide) groups is 1. The Balaban J connectivity index is 3.61. The molecule has 0 atom stereocenters. The van der Waals surface area contributed by atoms with Gasteiger partial charge in [0.15, 0.2) is 5.96 Å². The summed E-state index contributed by atoms with van der Waals surface area (Å²) in [4.78, 5) is 4.42. The van der Waals surface area contributed by atoms with Gasteiger partial charge in [-0.1, -0.05) is 0 Å². The Morgan fingerprint density at radius 1 is 1.23 bits per heavy atom. The van der Waals surface area contributed by atoms with Gasteiger partial charge in [0.05, 0.1) is 0 Å². The average Bonchev–Trinajstić information content (AvgIpc) is 2.13. The van der Waals surface area contributed by atoms with E-state index in [1.807, 2.05) is 11.8 Å². The van der Waals surface area contributed by atoms with Crippen molar-refractivity contribution in [2.45, 2.75) is 20.3 Å². The molecule has 13 heavy (non-hydrogen) atoms. The highest BCUT2D eigenvalue weighted by Crippen LogP contribution is 1.94. The number of hydrogen-bond acceptors (Lipinski definition) is 2. The van der Waals surface area contributed by atoms with Crippen molar-refractivity contribution in [3.05, 3.63) is 0 Å². The van der Waals surface area contributed by atoms with Crippen LogP contribution in [0.4, 0.5) is 0 Å². The summed E-state index contributed by atoms with van der Waals surface area (Å²) in [5.41, 5.74) is 0. The molecule has 0 amide bonds. The number of nitrogens with one attached hydrogen (secondary N) is 2. The normalized spacial score (nSPS) is 9.46. The monoisotopic (exact) mass is 203 g/mol. The van der Waals surface area contributed by atoms with Crippen LogP contribution in [-0.2, 0) is 0 Å². The van der Waals surface area contributed by atoms with Gasteiger partial charge in [-0.3, -0.25) is 4.99 Å². The molecule has 0 fully saturated rings. The molecule has 3 nitrogen and oxygen atoms in total. The fraction of sp³-hybridized carbons (Fsp3) is 0.889. The van der Waals surface area contributed by atoms with E-state index in [-0.39, 0.29) is 0 Å². The summed E-state index contributed by atoms with van der Waals surface area (Å²) in [6.07, 6.45) is 3.28. The van der Waals surface area contributed by atoms with E-state index in [0.29, 0.717) is 0 Å². The van der Waals surface area contributed by atoms with Crippen LogP contribution in [0.3, 0.4) is 0 Å². The molecular formula is C9H21N3S. The molecule has 0 saturated carbocycles. The molecule has 0 aromatic carbocycles. The molecule has 0 bridgehead atoms. The van der Waals surface area contributed by atoms with Crippen molar-refractivity contribution in [3.63, 3.8) is 0 Å². The standard InChI is InChI=1S/C9H21N3S/c1-4-10-9(11-5-2)12-7-6-8-13-3/h4-8H2,1-3H3,(H2,10,11,12). The highest BCUT2D eigenvalue weighted by atomic mass is 32.2. The lowest BCUT2D eigenvalue weighted by molar-refractivity contribution is 0.829. The van der Waals surface area contributed by atoms with Crippen LogP contribution in [0.1, 0.15) is 20.3 Å². The minimum atomic E-state index is 0.913. The van der Waals surface area contributed by atoms with Gasteiger partial charge in [-0.15, -0.1) is 0 Å². The Bertz CT molecular complexity index is 129. The predicted octanol–water partition coefficient (Wildman–Crippen LogP) is 1.31. The van der Waals surface area contributed by atoms with Crippen LogP contribution in [0.15, 0.2) is 4.99 Å². The Kier molecular flexibility index (Phi) is 9.42. The van der Waals surface area contributed by atoms with E-state index in [0.717, 1.165) is 32.0 Å². The highest BCUT2D eigenvalue weighted by molar-refractivity contribution is 7.98. The van der Waals surface area contributed by atoms with Crippen molar-refractivity contribution >= 4 is 17.7 Å². The number of rotatable bonds is 6. The number of hydrogen-bond donors (Lipinski definition) is 2. The lowest BCUT2D eigenvalue weighted by Gasteiger charge is -2.08. The zero-order valence-electron chi connectivity index (χ0n) is 8.89. The number of nitrogens with zero attached hydrogens (tertiary/aromatic N) is 1. The van der Waals surface area contributed by atoms with E-state index in [2.05, 4.69) is 35.7 Å². The second kappa shape index (κ2) is 9.71. The molecule has 0 rings (SSSR count). The third kappa shape index (κ3) is 7.96. The maximum absolute atomic E-state index is 4.42. The molecule has 0 aliphatic carbocycles. The first-order valence-electron chi connectivity index (χ1n) is 4.86. The molecule has 0 aliphatic heterocycles. The number of guanidine groups is 1. The Hall–Kier alpha value is -0.380. The third-order valence-electron chi connectivity index (χ3n) is 1.46. The first-order valence-corrected chi connectivity index (χ1v) is 6.25. The SMILES string of the molecule is CCNC(=NCCCSC)NCC. The second-order valence-electron chi connectivity index (χ2n) is 2.64. The van der Waals surface area contributed by atoms with Gasteiger partial charge in [-0.25, -0.2) is 0 Å². The first-order chi connectivity index (χ1) is 6.35. The van der Waals surface area contributed by atoms with Crippen LogP contribution in [0.2, 0.25) is 0 Å². The summed E-state index contributed by atoms with van der Waals surface area (Å²) < 4.78 is 0. The summed E-state index contributed by atoms with van der Waals surface area (Å²) in [6, 6.07) is 0. The zero-order chi connectivity index (χ0) is 9.94. The molecule has 0 aromatic heterocycles. The zero-order valence-corrected chi connectivity index (χ0v) is 9.71. The van der Waals surface area contributed by atoms with Gasteiger partial charge in [0.25, 0.3) is 0 Å². The van der Waals surface area contributed by atoms with E-state index < -0.39 is 0 Å². The van der Waals surface area contributed by atoms with Crippen LogP contribution < -0.4 is 10.6 Å². The van der Waals surface area contributed by atoms with Gasteiger partial charge in [0.1, 0.15) is 0 Å². The Morgan fingerprint density at radius 2 is 1.85 bits per heavy atom. The van der Waals surface area contributed by atoms with E-state index in [1.165, 1.54) is 5.75 Å². The van der Waals surface area contributed by atoms with Gasteiger partial charge in [-0.05, 0) is 32.3 Å². The fourth-order valence-corrected chi connectivity index (χ4v) is 1.33. The second-order valence-corrected chi connectivity index (χ2v) is 3.62. The van der Waals surface area contributed by atoms with Crippen LogP contribution in [0.5, 0.6) is 0 Å². The van der Waals surface area contributed by atoms with E-state index in [1.54, 1.807) is 0 Å². The molecule has 0 radical (unpaired) electrons. The molecule has 0 aromatic rings. The highest BCUT2D eigenvalue weighted by Gasteiger charge is 1.92. The molecule has 0 saturated heterocycles. The van der Waals surface area contributed by atoms with Crippen molar-refractivity contribution in [1.82, 2.24) is 10.6 Å². The van der Waals surface area contributed by atoms with Crippen LogP contribution in [-0.4, -0.2) is 37.6 Å². The van der Waals surface area contributed by atoms with Gasteiger partial charge in [0, 0.05) is 19.6 Å². The van der Waals surface area contributed by atoms with Crippen molar-refractivity contribution in [2.24, 2.45) is 4.99 Å². The van der Waals surface area contributed by atoms with Crippen LogP contribution in [0, 0.1) is 0 Å². The van der Waals surface area contributed by atoms with Gasteiger partial charge in [-0.2, -0.15) is 11.8 Å². The molecule has 2 N–H and O–H groups in total. The van der Waals surface area contributed by atoms with E-state index >= 15 is 0 Å². The van der Waals surface area contributed by atoms with Crippen molar-refractivity contribution in [2.75, 3.05) is 31.6 Å². The predicted molar refractivity (Wildman–Crippen MR) is 62.7 cm³/mol. The van der Waals surface area contributed by atoms with Gasteiger partial charge >= 0.3 is 0 Å². The minimum absolute atomic E-state index is 0.913. The van der Waals surface area contributed by atoms with Crippen molar-refractivity contribution in [1.29, 1.82) is 0 Å². The molecule has 4 heteroatoms. The summed E-state index contributed by atoms with van der Waals surface area (Å²) in [5, 5.41) is 6.39. The van der Waals surface area contributed by atoms with E-state index in [9.17, 15) is 0 Å². The summed E-state index contributed by atoms with van der Waals surface area (Å²) in [5.74, 6) is 2.13. The summed E-state index contributed by atoms with van der Waals surface area (Å²) >= 11 is 1.87. The first kappa shape index (κ1) is 12.6. The molecule has 78 valence electrons. The van der Waals surface area contributed by atoms with Crippen LogP contribution in [0.25, 0.3) is 0 Å². The maximum Gasteiger partial charge on any atom is 0.191 e. The van der Waals surface area contributed by atoms with Gasteiger partial charge in [0.2, 0.25) is 0 Å². The lowest BCUT2D eigenvalue weighted by Crippen LogP contribution is -2.37. The average molecular weight is 203 g/mol. The molecule has 0 heterocycles. The fourth-order valence-electron chi connectivity index (χ4n) is 0.909. The molecular weight excluding hydrogens is 182 g/mol. The molecule has 0 spiro atoms. The topological polar surface area (TPSA) is 36.4 Å². The van der Waals surface area contributed by atoms with Crippen molar-refractivity contribution < 1.29 is 0 Å². The Morgan fingerprint density at radius 3 is 2.31 bits per heavy atom. The quantitative estimate of drug-likeness (QED) is 0.388. The third-order valence-corrected chi connectivity index (χ3v) is 2.16. The van der Waals surface area contributed by atoms with Gasteiger partial charge < -0.3 is 10.6 Å². The lowest BCUT2D eigenvalue weighted by atomic mass is 10.5.